The highest BCUT2D eigenvalue weighted by Crippen LogP contribution is 2.48. The molecule has 2 aromatic heterocycles. The molecule has 0 saturated carbocycles. The maximum absolute atomic E-state index is 14.1. The number of nitrogens with zero attached hydrogens (tertiary/aromatic N) is 4. The first-order valence-corrected chi connectivity index (χ1v) is 15.2. The summed E-state index contributed by atoms with van der Waals surface area (Å²) in [5, 5.41) is 5.31. The third-order valence-electron chi connectivity index (χ3n) is 7.42. The van der Waals surface area contributed by atoms with E-state index in [1.807, 2.05) is 20.6 Å². The van der Waals surface area contributed by atoms with Crippen molar-refractivity contribution < 1.29 is 9.59 Å². The van der Waals surface area contributed by atoms with Crippen molar-refractivity contribution in [3.05, 3.63) is 44.3 Å². The molecular weight excluding hydrogens is 488 g/mol. The summed E-state index contributed by atoms with van der Waals surface area (Å²) in [6, 6.07) is 0. The van der Waals surface area contributed by atoms with Gasteiger partial charge in [0.1, 0.15) is 10.0 Å². The molecule has 0 fully saturated rings. The molecule has 4 rings (SSSR count). The van der Waals surface area contributed by atoms with Crippen molar-refractivity contribution in [1.82, 2.24) is 19.8 Å². The summed E-state index contributed by atoms with van der Waals surface area (Å²) < 4.78 is 0. The Labute approximate surface area is 223 Å². The summed E-state index contributed by atoms with van der Waals surface area (Å²) in [6.07, 6.45) is 12.2. The highest BCUT2D eigenvalue weighted by atomic mass is 32.1. The van der Waals surface area contributed by atoms with Gasteiger partial charge in [-0.2, -0.15) is 0 Å². The molecule has 4 heterocycles. The van der Waals surface area contributed by atoms with Gasteiger partial charge in [-0.3, -0.25) is 9.59 Å². The fourth-order valence-corrected chi connectivity index (χ4v) is 6.61. The van der Waals surface area contributed by atoms with Crippen molar-refractivity contribution >= 4 is 45.9 Å². The lowest BCUT2D eigenvalue weighted by Gasteiger charge is -2.28. The Morgan fingerprint density at radius 1 is 0.722 bits per heavy atom. The Morgan fingerprint density at radius 2 is 1.14 bits per heavy atom. The van der Waals surface area contributed by atoms with Crippen LogP contribution in [0, 0.1) is 11.8 Å². The van der Waals surface area contributed by atoms with E-state index in [0.717, 1.165) is 61.4 Å². The molecule has 6 nitrogen and oxygen atoms in total. The summed E-state index contributed by atoms with van der Waals surface area (Å²) >= 11 is 2.98. The number of thiazole rings is 2. The van der Waals surface area contributed by atoms with Crippen LogP contribution in [0.25, 0.3) is 11.4 Å². The molecule has 194 valence electrons. The molecule has 2 aromatic rings. The average Bonchev–Trinajstić information content (AvgIpc) is 3.68. The fourth-order valence-electron chi connectivity index (χ4n) is 5.22. The predicted octanol–water partition coefficient (Wildman–Crippen LogP) is 6.84. The number of fused-ring (bicyclic) bond motifs is 1. The van der Waals surface area contributed by atoms with Crippen LogP contribution in [0.5, 0.6) is 0 Å². The molecule has 0 N–H and O–H groups in total. The average molecular weight is 527 g/mol. The molecule has 36 heavy (non-hydrogen) atoms. The molecule has 2 amide bonds. The quantitative estimate of drug-likeness (QED) is 0.270. The zero-order valence-electron chi connectivity index (χ0n) is 22.0. The standard InChI is InChI=1S/C28H38N4O2S2/c1-5-9-11-19(7-3)17-31-23(25-29-13-15-35-25)21-22(27(31)33)24(26-30-14-16-36-26)32(28(21)34)18-20(8-4)12-10-6-2/h13-16,19-20H,5-12,17-18H2,1-4H3. The number of hydrogen-bond acceptors (Lipinski definition) is 6. The van der Waals surface area contributed by atoms with E-state index in [-0.39, 0.29) is 11.8 Å². The van der Waals surface area contributed by atoms with Gasteiger partial charge in [-0.25, -0.2) is 9.97 Å². The number of aromatic nitrogens is 2. The van der Waals surface area contributed by atoms with Crippen LogP contribution >= 0.6 is 22.7 Å². The zero-order chi connectivity index (χ0) is 25.7. The molecule has 0 saturated heterocycles. The molecule has 2 unspecified atom stereocenters. The molecule has 0 radical (unpaired) electrons. The van der Waals surface area contributed by atoms with Crippen LogP contribution in [0.1, 0.15) is 89.1 Å². The fraction of sp³-hybridized carbons (Fsp3) is 0.571. The molecule has 2 atom stereocenters. The minimum Gasteiger partial charge on any atom is -0.304 e. The first-order chi connectivity index (χ1) is 17.5. The van der Waals surface area contributed by atoms with Gasteiger partial charge in [0.2, 0.25) is 0 Å². The normalized spacial score (nSPS) is 17.6. The lowest BCUT2D eigenvalue weighted by Crippen LogP contribution is -2.34. The Hall–Kier alpha value is -2.32. The second kappa shape index (κ2) is 12.3. The molecule has 0 spiro atoms. The summed E-state index contributed by atoms with van der Waals surface area (Å²) in [5.74, 6) is 0.620. The van der Waals surface area contributed by atoms with Gasteiger partial charge in [-0.15, -0.1) is 22.7 Å². The number of rotatable bonds is 14. The largest absolute Gasteiger partial charge is 0.304 e. The molecule has 2 aliphatic rings. The predicted molar refractivity (Wildman–Crippen MR) is 148 cm³/mol. The van der Waals surface area contributed by atoms with E-state index in [9.17, 15) is 9.59 Å². The van der Waals surface area contributed by atoms with E-state index in [1.165, 1.54) is 22.7 Å². The monoisotopic (exact) mass is 526 g/mol. The van der Waals surface area contributed by atoms with Gasteiger partial charge in [-0.05, 0) is 24.7 Å². The Bertz CT molecular complexity index is 1020. The van der Waals surface area contributed by atoms with Gasteiger partial charge in [0.25, 0.3) is 11.8 Å². The Balaban J connectivity index is 1.81. The van der Waals surface area contributed by atoms with Crippen LogP contribution in [-0.4, -0.2) is 44.7 Å². The van der Waals surface area contributed by atoms with Crippen LogP contribution in [0.4, 0.5) is 0 Å². The molecular formula is C28H38N4O2S2. The van der Waals surface area contributed by atoms with Gasteiger partial charge >= 0.3 is 0 Å². The van der Waals surface area contributed by atoms with Gasteiger partial charge in [0.15, 0.2) is 0 Å². The summed E-state index contributed by atoms with van der Waals surface area (Å²) in [4.78, 5) is 41.1. The van der Waals surface area contributed by atoms with E-state index < -0.39 is 0 Å². The van der Waals surface area contributed by atoms with Crippen LogP contribution in [0.3, 0.4) is 0 Å². The first kappa shape index (κ1) is 26.7. The third-order valence-corrected chi connectivity index (χ3v) is 8.98. The van der Waals surface area contributed by atoms with E-state index in [1.54, 1.807) is 12.4 Å². The van der Waals surface area contributed by atoms with Gasteiger partial charge < -0.3 is 9.80 Å². The zero-order valence-corrected chi connectivity index (χ0v) is 23.6. The first-order valence-electron chi connectivity index (χ1n) is 13.5. The number of amides is 2. The van der Waals surface area contributed by atoms with Gasteiger partial charge in [0, 0.05) is 36.2 Å². The minimum absolute atomic E-state index is 0.0761. The third kappa shape index (κ3) is 5.21. The topological polar surface area (TPSA) is 66.4 Å². The van der Waals surface area contributed by atoms with Crippen LogP contribution in [-0.2, 0) is 9.59 Å². The molecule has 8 heteroatoms. The van der Waals surface area contributed by atoms with E-state index in [4.69, 9.17) is 0 Å². The number of carbonyl (C=O) groups is 2. The second-order valence-electron chi connectivity index (χ2n) is 9.79. The van der Waals surface area contributed by atoms with Gasteiger partial charge in [-0.1, -0.05) is 66.2 Å². The van der Waals surface area contributed by atoms with Crippen LogP contribution < -0.4 is 0 Å². The second-order valence-corrected chi connectivity index (χ2v) is 11.6. The van der Waals surface area contributed by atoms with Gasteiger partial charge in [0.05, 0.1) is 22.5 Å². The molecule has 0 bridgehead atoms. The van der Waals surface area contributed by atoms with E-state index in [0.29, 0.717) is 47.5 Å². The van der Waals surface area contributed by atoms with Crippen molar-refractivity contribution in [2.75, 3.05) is 13.1 Å². The Kier molecular flexibility index (Phi) is 9.12. The summed E-state index contributed by atoms with van der Waals surface area (Å²) in [5.41, 5.74) is 2.44. The van der Waals surface area contributed by atoms with Crippen molar-refractivity contribution in [1.29, 1.82) is 0 Å². The van der Waals surface area contributed by atoms with E-state index >= 15 is 0 Å². The number of unbranched alkanes of at least 4 members (excludes halogenated alkanes) is 2. The summed E-state index contributed by atoms with van der Waals surface area (Å²) in [6.45, 7) is 10.00. The highest BCUT2D eigenvalue weighted by Gasteiger charge is 2.50. The molecule has 0 aliphatic carbocycles. The Morgan fingerprint density at radius 3 is 1.44 bits per heavy atom. The molecule has 2 aliphatic heterocycles. The molecule has 0 aromatic carbocycles. The number of carbonyl (C=O) groups excluding carboxylic acids is 2. The maximum Gasteiger partial charge on any atom is 0.261 e. The smallest absolute Gasteiger partial charge is 0.261 e. The number of hydrogen-bond donors (Lipinski definition) is 0. The minimum atomic E-state index is -0.0761. The maximum atomic E-state index is 14.1. The van der Waals surface area contributed by atoms with Crippen LogP contribution in [0.15, 0.2) is 34.3 Å². The lowest BCUT2D eigenvalue weighted by molar-refractivity contribution is -0.124. The highest BCUT2D eigenvalue weighted by molar-refractivity contribution is 7.11. The summed E-state index contributed by atoms with van der Waals surface area (Å²) in [7, 11) is 0. The SMILES string of the molecule is CCCCC(CC)CN1C(=O)C2=C(c3nccs3)N(CC(CC)CCCC)C(=O)C2=C1c1nccs1. The van der Waals surface area contributed by atoms with Crippen molar-refractivity contribution in [3.8, 4) is 0 Å². The van der Waals surface area contributed by atoms with Crippen LogP contribution in [0.2, 0.25) is 0 Å². The lowest BCUT2D eigenvalue weighted by atomic mass is 9.98. The van der Waals surface area contributed by atoms with Crippen molar-refractivity contribution in [2.45, 2.75) is 79.1 Å². The van der Waals surface area contributed by atoms with Crippen molar-refractivity contribution in [2.24, 2.45) is 11.8 Å². The van der Waals surface area contributed by atoms with E-state index in [2.05, 4.69) is 37.7 Å². The van der Waals surface area contributed by atoms with Crippen molar-refractivity contribution in [3.63, 3.8) is 0 Å².